The predicted molar refractivity (Wildman–Crippen MR) is 108 cm³/mol. The van der Waals surface area contributed by atoms with E-state index >= 15 is 0 Å². The van der Waals surface area contributed by atoms with Crippen molar-refractivity contribution in [3.05, 3.63) is 53.1 Å². The van der Waals surface area contributed by atoms with Crippen LogP contribution in [0.25, 0.3) is 0 Å². The van der Waals surface area contributed by atoms with Gasteiger partial charge in [-0.15, -0.1) is 0 Å². The van der Waals surface area contributed by atoms with Crippen LogP contribution in [0, 0.1) is 0 Å². The topological polar surface area (TPSA) is 43.0 Å². The number of methoxy groups -OCH3 is 3. The molecule has 30 heavy (non-hydrogen) atoms. The summed E-state index contributed by atoms with van der Waals surface area (Å²) in [7, 11) is 4.49. The van der Waals surface area contributed by atoms with Crippen LogP contribution in [0.3, 0.4) is 0 Å². The Labute approximate surface area is 174 Å². The highest BCUT2D eigenvalue weighted by molar-refractivity contribution is 5.56. The van der Waals surface area contributed by atoms with Crippen molar-refractivity contribution in [1.29, 1.82) is 0 Å². The molecule has 1 unspecified atom stereocenters. The summed E-state index contributed by atoms with van der Waals surface area (Å²) in [5.74, 6) is 1.23. The van der Waals surface area contributed by atoms with Crippen molar-refractivity contribution in [3.63, 3.8) is 0 Å². The summed E-state index contributed by atoms with van der Waals surface area (Å²) in [6.45, 7) is 2.82. The average molecular weight is 424 g/mol. The van der Waals surface area contributed by atoms with E-state index in [-0.39, 0.29) is 5.56 Å². The molecule has 1 N–H and O–H groups in total. The second-order valence-corrected chi connectivity index (χ2v) is 7.09. The minimum absolute atomic E-state index is 0.209. The van der Waals surface area contributed by atoms with Crippen molar-refractivity contribution in [1.82, 2.24) is 10.2 Å². The molecule has 2 aromatic rings. The van der Waals surface area contributed by atoms with Crippen molar-refractivity contribution >= 4 is 0 Å². The van der Waals surface area contributed by atoms with E-state index in [1.165, 1.54) is 27.4 Å². The second kappa shape index (κ2) is 9.57. The Morgan fingerprint density at radius 3 is 2.20 bits per heavy atom. The smallest absolute Gasteiger partial charge is 0.416 e. The molecule has 0 aromatic heterocycles. The van der Waals surface area contributed by atoms with Crippen molar-refractivity contribution in [2.45, 2.75) is 18.6 Å². The molecule has 8 heteroatoms. The van der Waals surface area contributed by atoms with Crippen molar-refractivity contribution in [2.24, 2.45) is 0 Å². The van der Waals surface area contributed by atoms with Crippen molar-refractivity contribution < 1.29 is 27.4 Å². The highest BCUT2D eigenvalue weighted by Crippen LogP contribution is 2.44. The summed E-state index contributed by atoms with van der Waals surface area (Å²) in [6, 6.07) is 8.60. The Bertz CT molecular complexity index is 825. The third-order valence-electron chi connectivity index (χ3n) is 5.30. The fraction of sp³-hybridized carbons (Fsp3) is 0.455. The molecule has 164 valence electrons. The molecule has 2 aromatic carbocycles. The third kappa shape index (κ3) is 4.65. The fourth-order valence-corrected chi connectivity index (χ4v) is 3.96. The van der Waals surface area contributed by atoms with E-state index in [4.69, 9.17) is 14.2 Å². The lowest BCUT2D eigenvalue weighted by atomic mass is 9.92. The van der Waals surface area contributed by atoms with E-state index in [2.05, 4.69) is 10.2 Å². The van der Waals surface area contributed by atoms with Crippen molar-refractivity contribution in [2.75, 3.05) is 47.5 Å². The van der Waals surface area contributed by atoms with Crippen LogP contribution in [0.4, 0.5) is 13.2 Å². The van der Waals surface area contributed by atoms with E-state index in [9.17, 15) is 13.2 Å². The number of alkyl halides is 3. The highest BCUT2D eigenvalue weighted by Gasteiger charge is 2.37. The minimum atomic E-state index is -4.46. The molecule has 1 aliphatic rings. The molecule has 1 saturated heterocycles. The fourth-order valence-electron chi connectivity index (χ4n) is 3.96. The van der Waals surface area contributed by atoms with Gasteiger partial charge in [0.1, 0.15) is 0 Å². The number of nitrogens with zero attached hydrogens (tertiary/aromatic N) is 1. The molecule has 0 bridgehead atoms. The zero-order valence-electron chi connectivity index (χ0n) is 17.4. The van der Waals surface area contributed by atoms with Gasteiger partial charge in [0.05, 0.1) is 32.9 Å². The van der Waals surface area contributed by atoms with E-state index in [0.717, 1.165) is 19.0 Å². The quantitative estimate of drug-likeness (QED) is 0.756. The molecule has 5 nitrogen and oxygen atoms in total. The first-order chi connectivity index (χ1) is 14.4. The molecular weight excluding hydrogens is 397 g/mol. The summed E-state index contributed by atoms with van der Waals surface area (Å²) in [4.78, 5) is 2.07. The monoisotopic (exact) mass is 424 g/mol. The molecule has 0 amide bonds. The normalized spacial score (nSPS) is 16.6. The number of nitrogens with one attached hydrogen (secondary N) is 1. The zero-order chi connectivity index (χ0) is 21.7. The summed E-state index contributed by atoms with van der Waals surface area (Å²) < 4.78 is 57.9. The van der Waals surface area contributed by atoms with E-state index in [0.29, 0.717) is 42.4 Å². The molecule has 0 spiro atoms. The molecule has 0 radical (unpaired) electrons. The number of hydrogen-bond donors (Lipinski definition) is 1. The zero-order valence-corrected chi connectivity index (χ0v) is 17.4. The maximum Gasteiger partial charge on any atom is 0.416 e. The summed E-state index contributed by atoms with van der Waals surface area (Å²) in [5, 5.41) is 3.31. The first kappa shape index (κ1) is 22.2. The van der Waals surface area contributed by atoms with Crippen LogP contribution < -0.4 is 19.5 Å². The standard InChI is InChI=1S/C22H27F3N2O3/c1-28-18-13-15(14-19(29-2)21(18)30-3)20(27-11-6-9-26-10-12-27)16-7-4-5-8-17(16)22(23,24)25/h4-5,7-8,13-14,20,26H,6,9-12H2,1-3H3. The molecule has 3 rings (SSSR count). The van der Waals surface area contributed by atoms with Gasteiger partial charge in [0, 0.05) is 19.6 Å². The Morgan fingerprint density at radius 1 is 0.933 bits per heavy atom. The highest BCUT2D eigenvalue weighted by atomic mass is 19.4. The van der Waals surface area contributed by atoms with Gasteiger partial charge in [-0.05, 0) is 42.3 Å². The van der Waals surface area contributed by atoms with Gasteiger partial charge < -0.3 is 19.5 Å². The largest absolute Gasteiger partial charge is 0.493 e. The number of rotatable bonds is 6. The van der Waals surface area contributed by atoms with Crippen LogP contribution in [0.2, 0.25) is 0 Å². The number of benzene rings is 2. The lowest BCUT2D eigenvalue weighted by Gasteiger charge is -2.33. The molecular formula is C22H27F3N2O3. The van der Waals surface area contributed by atoms with Gasteiger partial charge in [-0.2, -0.15) is 13.2 Å². The summed E-state index contributed by atoms with van der Waals surface area (Å²) >= 11 is 0. The van der Waals surface area contributed by atoms with E-state index in [1.54, 1.807) is 24.3 Å². The number of halogens is 3. The lowest BCUT2D eigenvalue weighted by Crippen LogP contribution is -2.34. The van der Waals surface area contributed by atoms with Gasteiger partial charge in [-0.3, -0.25) is 4.90 Å². The molecule has 1 heterocycles. The van der Waals surface area contributed by atoms with E-state index < -0.39 is 17.8 Å². The molecule has 1 fully saturated rings. The summed E-state index contributed by atoms with van der Waals surface area (Å²) in [5.41, 5.74) is 0.227. The van der Waals surface area contributed by atoms with Gasteiger partial charge in [-0.25, -0.2) is 0 Å². The second-order valence-electron chi connectivity index (χ2n) is 7.09. The van der Waals surface area contributed by atoms with Crippen LogP contribution in [0.1, 0.15) is 29.2 Å². The molecule has 1 atom stereocenters. The van der Waals surface area contributed by atoms with E-state index in [1.807, 2.05) is 0 Å². The molecule has 1 aliphatic heterocycles. The van der Waals surface area contributed by atoms with Crippen LogP contribution in [0.5, 0.6) is 17.2 Å². The first-order valence-electron chi connectivity index (χ1n) is 9.81. The Balaban J connectivity index is 2.22. The minimum Gasteiger partial charge on any atom is -0.493 e. The number of hydrogen-bond acceptors (Lipinski definition) is 5. The van der Waals surface area contributed by atoms with Gasteiger partial charge in [0.25, 0.3) is 0 Å². The van der Waals surface area contributed by atoms with Crippen LogP contribution >= 0.6 is 0 Å². The Hall–Kier alpha value is -2.45. The van der Waals surface area contributed by atoms with Gasteiger partial charge in [-0.1, -0.05) is 18.2 Å². The molecule has 0 aliphatic carbocycles. The SMILES string of the molecule is COc1cc(C(c2ccccc2C(F)(F)F)N2CCCNCC2)cc(OC)c1OC. The van der Waals surface area contributed by atoms with Gasteiger partial charge in [0.15, 0.2) is 11.5 Å². The summed E-state index contributed by atoms with van der Waals surface area (Å²) in [6.07, 6.45) is -3.62. The first-order valence-corrected chi connectivity index (χ1v) is 9.81. The number of ether oxygens (including phenoxy) is 3. The maximum absolute atomic E-state index is 13.9. The lowest BCUT2D eigenvalue weighted by molar-refractivity contribution is -0.138. The molecule has 0 saturated carbocycles. The Morgan fingerprint density at radius 2 is 1.60 bits per heavy atom. The van der Waals surface area contributed by atoms with Gasteiger partial charge >= 0.3 is 6.18 Å². The Kier molecular flexibility index (Phi) is 7.10. The predicted octanol–water partition coefficient (Wildman–Crippen LogP) is 4.12. The van der Waals surface area contributed by atoms with Crippen LogP contribution in [-0.4, -0.2) is 52.4 Å². The van der Waals surface area contributed by atoms with Crippen LogP contribution in [-0.2, 0) is 6.18 Å². The van der Waals surface area contributed by atoms with Gasteiger partial charge in [0.2, 0.25) is 5.75 Å². The third-order valence-corrected chi connectivity index (χ3v) is 5.30. The maximum atomic E-state index is 13.9. The van der Waals surface area contributed by atoms with Crippen molar-refractivity contribution in [3.8, 4) is 17.2 Å². The average Bonchev–Trinajstić information content (AvgIpc) is 3.02. The van der Waals surface area contributed by atoms with Crippen LogP contribution in [0.15, 0.2) is 36.4 Å².